The summed E-state index contributed by atoms with van der Waals surface area (Å²) in [5.74, 6) is -0.511. The van der Waals surface area contributed by atoms with E-state index in [2.05, 4.69) is 15.0 Å². The van der Waals surface area contributed by atoms with Gasteiger partial charge in [-0.2, -0.15) is 0 Å². The van der Waals surface area contributed by atoms with Gasteiger partial charge in [0.2, 0.25) is 5.91 Å². The molecule has 6 nitrogen and oxygen atoms in total. The maximum Gasteiger partial charge on any atom is 0.264 e. The number of aliphatic imine (C=N–C) groups is 1. The Labute approximate surface area is 169 Å². The van der Waals surface area contributed by atoms with E-state index in [1.165, 1.54) is 12.1 Å². The van der Waals surface area contributed by atoms with E-state index in [-0.39, 0.29) is 35.6 Å². The van der Waals surface area contributed by atoms with Crippen molar-refractivity contribution in [1.82, 2.24) is 10.0 Å². The summed E-state index contributed by atoms with van der Waals surface area (Å²) in [4.78, 5) is 16.5. The highest BCUT2D eigenvalue weighted by molar-refractivity contribution is 8.00. The smallest absolute Gasteiger partial charge is 0.264 e. The summed E-state index contributed by atoms with van der Waals surface area (Å²) < 4.78 is 40.6. The molecule has 0 bridgehead atoms. The minimum absolute atomic E-state index is 0.194. The molecule has 2 N–H and O–H groups in total. The molecule has 0 atom stereocenters. The summed E-state index contributed by atoms with van der Waals surface area (Å²) in [6.07, 6.45) is 0.450. The number of halogens is 1. The summed E-state index contributed by atoms with van der Waals surface area (Å²) in [6.45, 7) is 3.79. The summed E-state index contributed by atoms with van der Waals surface area (Å²) in [6, 6.07) is 13.0. The first-order chi connectivity index (χ1) is 13.8. The molecule has 0 aromatic heterocycles. The zero-order chi connectivity index (χ0) is 21.0. The Morgan fingerprint density at radius 1 is 1.10 bits per heavy atom. The van der Waals surface area contributed by atoms with Crippen LogP contribution in [0.5, 0.6) is 0 Å². The zero-order valence-corrected chi connectivity index (χ0v) is 17.0. The molecule has 2 aromatic rings. The number of amides is 1. The summed E-state index contributed by atoms with van der Waals surface area (Å²) in [5.41, 5.74) is 2.93. The molecule has 1 aliphatic rings. The van der Waals surface area contributed by atoms with Gasteiger partial charge in [-0.15, -0.1) is 0 Å². The minimum atomic E-state index is -3.74. The van der Waals surface area contributed by atoms with Gasteiger partial charge in [0.25, 0.3) is 10.0 Å². The lowest BCUT2D eigenvalue weighted by Gasteiger charge is -2.05. The predicted octanol–water partition coefficient (Wildman–Crippen LogP) is 2.90. The van der Waals surface area contributed by atoms with Crippen LogP contribution in [0.25, 0.3) is 4.91 Å². The normalized spacial score (nSPS) is 16.7. The summed E-state index contributed by atoms with van der Waals surface area (Å²) >= 11 is 0. The number of sulfonamides is 1. The summed E-state index contributed by atoms with van der Waals surface area (Å²) in [5, 5.41) is 2.68. The number of hydrogen-bond donors (Lipinski definition) is 2. The van der Waals surface area contributed by atoms with Crippen LogP contribution in [0.1, 0.15) is 30.0 Å². The lowest BCUT2D eigenvalue weighted by Crippen LogP contribution is -2.28. The molecular formula is C21H22FN3O3S. The standard InChI is InChI=1S/C21H22FN3O3S/c1-3-18-20(16-8-4-14(2)5-9-16)29(27,28)25-21(18)24-13-19(26)23-12-15-6-10-17(22)11-7-15/h4-11H,3,12-13H2,1-2H3,(H,23,26)(H,24,25). The molecule has 8 heteroatoms. The number of nitrogens with zero attached hydrogens (tertiary/aromatic N) is 1. The second kappa shape index (κ2) is 8.57. The van der Waals surface area contributed by atoms with Gasteiger partial charge < -0.3 is 5.32 Å². The number of carbonyl (C=O) groups is 1. The molecule has 2 aromatic carbocycles. The lowest BCUT2D eigenvalue weighted by atomic mass is 10.1. The Kier molecular flexibility index (Phi) is 6.12. The molecule has 152 valence electrons. The topological polar surface area (TPSA) is 87.6 Å². The predicted molar refractivity (Wildman–Crippen MR) is 111 cm³/mol. The fraction of sp³-hybridized carbons (Fsp3) is 0.238. The molecule has 0 unspecified atom stereocenters. The number of aryl methyl sites for hydroxylation is 1. The van der Waals surface area contributed by atoms with Crippen molar-refractivity contribution in [2.45, 2.75) is 26.8 Å². The van der Waals surface area contributed by atoms with Crippen LogP contribution in [0.3, 0.4) is 0 Å². The van der Waals surface area contributed by atoms with Crippen molar-refractivity contribution < 1.29 is 17.6 Å². The molecule has 0 saturated carbocycles. The van der Waals surface area contributed by atoms with Gasteiger partial charge in [0.15, 0.2) is 0 Å². The third kappa shape index (κ3) is 4.89. The molecule has 3 rings (SSSR count). The van der Waals surface area contributed by atoms with Gasteiger partial charge in [0.05, 0.1) is 0 Å². The van der Waals surface area contributed by atoms with Crippen LogP contribution in [0.2, 0.25) is 0 Å². The highest BCUT2D eigenvalue weighted by atomic mass is 32.2. The van der Waals surface area contributed by atoms with E-state index in [9.17, 15) is 17.6 Å². The summed E-state index contributed by atoms with van der Waals surface area (Å²) in [7, 11) is -3.74. The Bertz CT molecular complexity index is 1070. The van der Waals surface area contributed by atoms with Crippen LogP contribution < -0.4 is 10.0 Å². The van der Waals surface area contributed by atoms with E-state index >= 15 is 0 Å². The molecule has 0 saturated heterocycles. The van der Waals surface area contributed by atoms with Gasteiger partial charge in [-0.3, -0.25) is 14.5 Å². The maximum absolute atomic E-state index is 12.9. The van der Waals surface area contributed by atoms with Crippen LogP contribution in [0, 0.1) is 12.7 Å². The Hall–Kier alpha value is -3.00. The first-order valence-corrected chi connectivity index (χ1v) is 10.7. The van der Waals surface area contributed by atoms with E-state index in [0.29, 0.717) is 17.6 Å². The zero-order valence-electron chi connectivity index (χ0n) is 16.2. The molecule has 1 heterocycles. The second-order valence-electron chi connectivity index (χ2n) is 6.70. The van der Waals surface area contributed by atoms with Gasteiger partial charge in [-0.25, -0.2) is 12.8 Å². The van der Waals surface area contributed by atoms with Crippen LogP contribution in [0.15, 0.2) is 59.1 Å². The van der Waals surface area contributed by atoms with Crippen molar-refractivity contribution in [1.29, 1.82) is 0 Å². The highest BCUT2D eigenvalue weighted by Gasteiger charge is 2.33. The van der Waals surface area contributed by atoms with Crippen LogP contribution >= 0.6 is 0 Å². The Morgan fingerprint density at radius 3 is 2.38 bits per heavy atom. The second-order valence-corrected chi connectivity index (χ2v) is 8.32. The van der Waals surface area contributed by atoms with E-state index < -0.39 is 10.0 Å². The van der Waals surface area contributed by atoms with Gasteiger partial charge in [-0.05, 0) is 36.6 Å². The maximum atomic E-state index is 12.9. The van der Waals surface area contributed by atoms with Crippen molar-refractivity contribution in [2.24, 2.45) is 4.99 Å². The molecule has 1 amide bonds. The average molecular weight is 415 g/mol. The van der Waals surface area contributed by atoms with Crippen LogP contribution in [-0.2, 0) is 21.4 Å². The molecule has 0 aliphatic carbocycles. The first kappa shape index (κ1) is 20.7. The number of nitrogens with one attached hydrogen (secondary N) is 2. The molecule has 1 aliphatic heterocycles. The number of hydrogen-bond acceptors (Lipinski definition) is 4. The monoisotopic (exact) mass is 415 g/mol. The Morgan fingerprint density at radius 2 is 1.76 bits per heavy atom. The van der Waals surface area contributed by atoms with Crippen molar-refractivity contribution in [2.75, 3.05) is 6.54 Å². The number of rotatable bonds is 6. The molecule has 0 fully saturated rings. The largest absolute Gasteiger partial charge is 0.350 e. The van der Waals surface area contributed by atoms with E-state index in [1.54, 1.807) is 24.3 Å². The third-order valence-corrected chi connectivity index (χ3v) is 5.99. The number of benzene rings is 2. The number of amidine groups is 1. The van der Waals surface area contributed by atoms with Crippen molar-refractivity contribution >= 4 is 26.7 Å². The van der Waals surface area contributed by atoms with Crippen LogP contribution in [-0.4, -0.2) is 26.7 Å². The SMILES string of the molecule is CCC1=C(c2ccc(C)cc2)S(=O)(=O)NC1=NCC(=O)NCc1ccc(F)cc1. The molecular weight excluding hydrogens is 393 g/mol. The van der Waals surface area contributed by atoms with Gasteiger partial charge >= 0.3 is 0 Å². The molecule has 0 spiro atoms. The number of carbonyl (C=O) groups excluding carboxylic acids is 1. The van der Waals surface area contributed by atoms with Crippen molar-refractivity contribution in [3.8, 4) is 0 Å². The van der Waals surface area contributed by atoms with E-state index in [1.807, 2.05) is 26.0 Å². The van der Waals surface area contributed by atoms with E-state index in [0.717, 1.165) is 11.1 Å². The average Bonchev–Trinajstić information content (AvgIpc) is 2.96. The molecule has 0 radical (unpaired) electrons. The first-order valence-electron chi connectivity index (χ1n) is 9.19. The van der Waals surface area contributed by atoms with E-state index in [4.69, 9.17) is 0 Å². The highest BCUT2D eigenvalue weighted by Crippen LogP contribution is 2.31. The molecule has 29 heavy (non-hydrogen) atoms. The van der Waals surface area contributed by atoms with Crippen molar-refractivity contribution in [3.05, 3.63) is 76.6 Å². The fourth-order valence-electron chi connectivity index (χ4n) is 3.01. The third-order valence-electron chi connectivity index (χ3n) is 4.51. The van der Waals surface area contributed by atoms with Crippen LogP contribution in [0.4, 0.5) is 4.39 Å². The Balaban J connectivity index is 1.75. The van der Waals surface area contributed by atoms with Gasteiger partial charge in [0, 0.05) is 12.1 Å². The fourth-order valence-corrected chi connectivity index (χ4v) is 4.57. The van der Waals surface area contributed by atoms with Gasteiger partial charge in [0.1, 0.15) is 23.1 Å². The minimum Gasteiger partial charge on any atom is -0.350 e. The lowest BCUT2D eigenvalue weighted by molar-refractivity contribution is -0.119. The van der Waals surface area contributed by atoms with Crippen molar-refractivity contribution in [3.63, 3.8) is 0 Å². The van der Waals surface area contributed by atoms with Gasteiger partial charge in [-0.1, -0.05) is 48.9 Å². The quantitative estimate of drug-likeness (QED) is 0.761.